The second-order valence-electron chi connectivity index (χ2n) is 12.8. The van der Waals surface area contributed by atoms with Crippen molar-refractivity contribution in [2.45, 2.75) is 77.1 Å². The summed E-state index contributed by atoms with van der Waals surface area (Å²) in [5, 5.41) is 10.2. The van der Waals surface area contributed by atoms with E-state index < -0.39 is 11.4 Å². The molecule has 2 aliphatic rings. The van der Waals surface area contributed by atoms with Crippen LogP contribution in [-0.4, -0.2) is 63.8 Å². The van der Waals surface area contributed by atoms with Crippen LogP contribution >= 0.6 is 0 Å². The number of anilines is 4. The van der Waals surface area contributed by atoms with Crippen molar-refractivity contribution in [3.63, 3.8) is 0 Å². The number of aromatic nitrogens is 3. The predicted octanol–water partition coefficient (Wildman–Crippen LogP) is 5.29. The van der Waals surface area contributed by atoms with E-state index >= 15 is 4.39 Å². The maximum Gasteiger partial charge on any atom is 0.271 e. The van der Waals surface area contributed by atoms with E-state index in [-0.39, 0.29) is 40.5 Å². The molecule has 0 aliphatic carbocycles. The highest BCUT2D eigenvalue weighted by Gasteiger charge is 2.42. The topological polar surface area (TPSA) is 114 Å². The van der Waals surface area contributed by atoms with Gasteiger partial charge in [0.05, 0.1) is 25.0 Å². The second kappa shape index (κ2) is 11.1. The first-order valence-corrected chi connectivity index (χ1v) is 14.2. The molecule has 3 aromatic rings. The highest BCUT2D eigenvalue weighted by Crippen LogP contribution is 2.38. The molecular formula is C31H40FN7O3. The van der Waals surface area contributed by atoms with Crippen LogP contribution in [0, 0.1) is 5.82 Å². The Balaban J connectivity index is 1.50. The Hall–Kier alpha value is -3.83. The molecule has 2 aromatic heterocycles. The summed E-state index contributed by atoms with van der Waals surface area (Å²) in [5.41, 5.74) is 0.00618. The first-order valence-electron chi connectivity index (χ1n) is 14.2. The van der Waals surface area contributed by atoms with E-state index in [4.69, 9.17) is 9.47 Å². The molecule has 224 valence electrons. The number of ether oxygens (including phenoxy) is 2. The van der Waals surface area contributed by atoms with Gasteiger partial charge in [-0.3, -0.25) is 9.69 Å². The van der Waals surface area contributed by atoms with Gasteiger partial charge in [-0.25, -0.2) is 14.4 Å². The van der Waals surface area contributed by atoms with Gasteiger partial charge in [-0.05, 0) is 54.4 Å². The number of hydrogen-bond donors (Lipinski definition) is 3. The molecule has 1 amide bonds. The van der Waals surface area contributed by atoms with Gasteiger partial charge in [-0.2, -0.15) is 4.98 Å². The molecule has 0 bridgehead atoms. The maximum atomic E-state index is 16.0. The van der Waals surface area contributed by atoms with Gasteiger partial charge in [-0.15, -0.1) is 0 Å². The van der Waals surface area contributed by atoms with Crippen LogP contribution in [0.1, 0.15) is 54.4 Å². The van der Waals surface area contributed by atoms with Crippen LogP contribution in [0.4, 0.5) is 27.7 Å². The van der Waals surface area contributed by atoms with Crippen LogP contribution in [-0.2, 0) is 9.53 Å². The third-order valence-electron chi connectivity index (χ3n) is 7.42. The van der Waals surface area contributed by atoms with Gasteiger partial charge in [0, 0.05) is 35.9 Å². The first-order chi connectivity index (χ1) is 19.8. The molecule has 4 heterocycles. The number of piperidine rings is 1. The number of halogens is 1. The van der Waals surface area contributed by atoms with Gasteiger partial charge in [0.15, 0.2) is 28.8 Å². The normalized spacial score (nSPS) is 19.1. The van der Waals surface area contributed by atoms with Crippen LogP contribution in [0.5, 0.6) is 5.75 Å². The Morgan fingerprint density at radius 3 is 2.45 bits per heavy atom. The number of fused-ring (bicyclic) bond motifs is 1. The molecule has 0 spiro atoms. The van der Waals surface area contributed by atoms with Gasteiger partial charge < -0.3 is 25.4 Å². The summed E-state index contributed by atoms with van der Waals surface area (Å²) in [6, 6.07) is 10.9. The van der Waals surface area contributed by atoms with E-state index in [1.54, 1.807) is 38.1 Å². The number of pyridine rings is 1. The van der Waals surface area contributed by atoms with Crippen molar-refractivity contribution in [2.24, 2.45) is 0 Å². The molecule has 11 heteroatoms. The summed E-state index contributed by atoms with van der Waals surface area (Å²) in [6.45, 7) is 12.7. The summed E-state index contributed by atoms with van der Waals surface area (Å²) in [5.74, 6) is 0.462. The van der Waals surface area contributed by atoms with Gasteiger partial charge in [-0.1, -0.05) is 30.3 Å². The van der Waals surface area contributed by atoms with Crippen molar-refractivity contribution in [1.82, 2.24) is 20.3 Å². The average molecular weight is 578 g/mol. The van der Waals surface area contributed by atoms with E-state index in [9.17, 15) is 4.79 Å². The molecule has 1 saturated heterocycles. The molecule has 0 unspecified atom stereocenters. The second-order valence-corrected chi connectivity index (χ2v) is 12.8. The summed E-state index contributed by atoms with van der Waals surface area (Å²) in [7, 11) is 1.58. The minimum atomic E-state index is -1.08. The lowest BCUT2D eigenvalue weighted by Gasteiger charge is -2.46. The number of amides is 1. The summed E-state index contributed by atoms with van der Waals surface area (Å²) < 4.78 is 27.2. The van der Waals surface area contributed by atoms with Gasteiger partial charge in [0.2, 0.25) is 5.95 Å². The Labute approximate surface area is 246 Å². The SMILES string of the molecule is COCCN1C(=O)C(C)(C)Oc2cc(Nc3nc(NC4CC(C)(C)NC(C)(C)C4)c(F)c(-c4ccccc4)n3)cnc21. The van der Waals surface area contributed by atoms with Crippen LogP contribution in [0.15, 0.2) is 42.6 Å². The predicted molar refractivity (Wildman–Crippen MR) is 162 cm³/mol. The fraction of sp³-hybridized carbons (Fsp3) is 0.484. The number of carbonyl (C=O) groups excluding carboxylic acids is 1. The molecule has 10 nitrogen and oxygen atoms in total. The zero-order chi connectivity index (χ0) is 30.3. The van der Waals surface area contributed by atoms with E-state index in [0.29, 0.717) is 36.0 Å². The third kappa shape index (κ3) is 6.32. The minimum Gasteiger partial charge on any atom is -0.474 e. The molecule has 0 saturated carbocycles. The summed E-state index contributed by atoms with van der Waals surface area (Å²) in [4.78, 5) is 28.2. The number of hydrogen-bond acceptors (Lipinski definition) is 9. The zero-order valence-corrected chi connectivity index (χ0v) is 25.3. The Bertz CT molecular complexity index is 1450. The fourth-order valence-electron chi connectivity index (χ4n) is 6.05. The van der Waals surface area contributed by atoms with Gasteiger partial charge in [0.25, 0.3) is 5.91 Å². The number of benzene rings is 1. The average Bonchev–Trinajstić information content (AvgIpc) is 2.89. The number of nitrogens with zero attached hydrogens (tertiary/aromatic N) is 4. The lowest BCUT2D eigenvalue weighted by Crippen LogP contribution is -2.60. The fourth-order valence-corrected chi connectivity index (χ4v) is 6.05. The number of nitrogens with one attached hydrogen (secondary N) is 3. The number of carbonyl (C=O) groups is 1. The number of rotatable bonds is 8. The largest absolute Gasteiger partial charge is 0.474 e. The van der Waals surface area contributed by atoms with E-state index in [1.165, 1.54) is 0 Å². The van der Waals surface area contributed by atoms with Crippen molar-refractivity contribution >= 4 is 29.2 Å². The highest BCUT2D eigenvalue weighted by molar-refractivity contribution is 6.01. The minimum absolute atomic E-state index is 0.00575. The van der Waals surface area contributed by atoms with Crippen LogP contribution in [0.2, 0.25) is 0 Å². The van der Waals surface area contributed by atoms with E-state index in [0.717, 1.165) is 12.8 Å². The monoisotopic (exact) mass is 577 g/mol. The molecule has 0 radical (unpaired) electrons. The molecule has 0 atom stereocenters. The lowest BCUT2D eigenvalue weighted by molar-refractivity contribution is -0.132. The van der Waals surface area contributed by atoms with Crippen molar-refractivity contribution in [3.05, 3.63) is 48.4 Å². The molecule has 1 fully saturated rings. The molecule has 5 rings (SSSR count). The zero-order valence-electron chi connectivity index (χ0n) is 25.3. The molecule has 2 aliphatic heterocycles. The molecular weight excluding hydrogens is 537 g/mol. The Morgan fingerprint density at radius 2 is 1.79 bits per heavy atom. The highest BCUT2D eigenvalue weighted by atomic mass is 19.1. The maximum absolute atomic E-state index is 16.0. The Morgan fingerprint density at radius 1 is 1.10 bits per heavy atom. The van der Waals surface area contributed by atoms with Gasteiger partial charge in [0.1, 0.15) is 5.69 Å². The summed E-state index contributed by atoms with van der Waals surface area (Å²) in [6.07, 6.45) is 3.17. The standard InChI is InChI=1S/C31H40FN7O3/c1-29(2)16-21(17-30(3,4)38-29)34-25-23(32)24(19-11-9-8-10-12-19)36-28(37-25)35-20-15-22-26(33-18-20)39(13-14-41-7)27(40)31(5,6)42-22/h8-12,15,18,21,38H,13-14,16-17H2,1-7H3,(H2,34,35,36,37). The lowest BCUT2D eigenvalue weighted by atomic mass is 9.79. The first kappa shape index (κ1) is 29.7. The third-order valence-corrected chi connectivity index (χ3v) is 7.42. The molecule has 3 N–H and O–H groups in total. The van der Waals surface area contributed by atoms with Crippen molar-refractivity contribution < 1.29 is 18.7 Å². The quantitative estimate of drug-likeness (QED) is 0.329. The smallest absolute Gasteiger partial charge is 0.271 e. The van der Waals surface area contributed by atoms with Crippen LogP contribution in [0.25, 0.3) is 11.3 Å². The molecule has 1 aromatic carbocycles. The van der Waals surface area contributed by atoms with Crippen LogP contribution < -0.4 is 25.6 Å². The number of methoxy groups -OCH3 is 1. The van der Waals surface area contributed by atoms with Crippen LogP contribution in [0.3, 0.4) is 0 Å². The Kier molecular flexibility index (Phi) is 7.84. The summed E-state index contributed by atoms with van der Waals surface area (Å²) >= 11 is 0. The van der Waals surface area contributed by atoms with Crippen molar-refractivity contribution in [2.75, 3.05) is 35.8 Å². The van der Waals surface area contributed by atoms with Crippen molar-refractivity contribution in [3.8, 4) is 17.0 Å². The van der Waals surface area contributed by atoms with Gasteiger partial charge >= 0.3 is 0 Å². The van der Waals surface area contributed by atoms with Crippen molar-refractivity contribution in [1.29, 1.82) is 0 Å². The molecule has 42 heavy (non-hydrogen) atoms. The van der Waals surface area contributed by atoms with E-state index in [1.807, 2.05) is 30.3 Å². The van der Waals surface area contributed by atoms with E-state index in [2.05, 4.69) is 58.6 Å².